The van der Waals surface area contributed by atoms with Gasteiger partial charge in [0.05, 0.1) is 18.8 Å². The van der Waals surface area contributed by atoms with E-state index in [-0.39, 0.29) is 5.97 Å². The van der Waals surface area contributed by atoms with Gasteiger partial charge in [-0.2, -0.15) is 0 Å². The van der Waals surface area contributed by atoms with E-state index in [2.05, 4.69) is 5.32 Å². The van der Waals surface area contributed by atoms with Crippen LogP contribution in [0.4, 0.5) is 5.69 Å². The van der Waals surface area contributed by atoms with Gasteiger partial charge in [0.1, 0.15) is 6.61 Å². The first-order chi connectivity index (χ1) is 15.5. The average molecular weight is 474 g/mol. The maximum absolute atomic E-state index is 11.8. The Morgan fingerprint density at radius 3 is 2.34 bits per heavy atom. The van der Waals surface area contributed by atoms with Crippen molar-refractivity contribution < 1.29 is 19.0 Å². The van der Waals surface area contributed by atoms with Crippen LogP contribution < -0.4 is 14.8 Å². The number of anilines is 1. The van der Waals surface area contributed by atoms with Crippen molar-refractivity contribution in [1.29, 1.82) is 0 Å². The van der Waals surface area contributed by atoms with Gasteiger partial charge in [0.15, 0.2) is 11.5 Å². The maximum Gasteiger partial charge on any atom is 0.338 e. The van der Waals surface area contributed by atoms with E-state index in [0.29, 0.717) is 53.5 Å². The predicted molar refractivity (Wildman–Crippen MR) is 128 cm³/mol. The molecule has 0 unspecified atom stereocenters. The summed E-state index contributed by atoms with van der Waals surface area (Å²) in [5.74, 6) is 0.978. The van der Waals surface area contributed by atoms with Crippen molar-refractivity contribution in [2.45, 2.75) is 27.0 Å². The Labute approximate surface area is 198 Å². The number of hydrogen-bond donors (Lipinski definition) is 1. The van der Waals surface area contributed by atoms with Gasteiger partial charge in [-0.3, -0.25) is 0 Å². The number of halogens is 2. The molecular formula is C25H25Cl2NO4. The first kappa shape index (κ1) is 23.8. The summed E-state index contributed by atoms with van der Waals surface area (Å²) in [6.45, 7) is 5.48. The lowest BCUT2D eigenvalue weighted by Gasteiger charge is -2.15. The first-order valence-corrected chi connectivity index (χ1v) is 11.1. The molecule has 3 aromatic rings. The third kappa shape index (κ3) is 6.55. The van der Waals surface area contributed by atoms with E-state index in [4.69, 9.17) is 37.4 Å². The highest BCUT2D eigenvalue weighted by Crippen LogP contribution is 2.31. The van der Waals surface area contributed by atoms with Crippen molar-refractivity contribution in [3.63, 3.8) is 0 Å². The molecule has 32 heavy (non-hydrogen) atoms. The summed E-state index contributed by atoms with van der Waals surface area (Å²) in [7, 11) is 0. The van der Waals surface area contributed by atoms with E-state index in [1.807, 2.05) is 43.3 Å². The highest BCUT2D eigenvalue weighted by atomic mass is 35.5. The fraction of sp³-hybridized carbons (Fsp3) is 0.240. The van der Waals surface area contributed by atoms with Crippen LogP contribution in [0.2, 0.25) is 10.0 Å². The lowest BCUT2D eigenvalue weighted by atomic mass is 10.1. The standard InChI is InChI=1S/C25H25Cl2NO4/c1-3-30-24-13-17(15-28-21-10-7-18(8-11-21)25(29)31-4-2)5-12-23(24)32-16-19-6-9-20(26)14-22(19)27/h5-14,28H,3-4,15-16H2,1-2H3. The fourth-order valence-electron chi connectivity index (χ4n) is 2.99. The number of hydrogen-bond acceptors (Lipinski definition) is 5. The third-order valence-electron chi connectivity index (χ3n) is 4.60. The molecule has 1 N–H and O–H groups in total. The summed E-state index contributed by atoms with van der Waals surface area (Å²) in [4.78, 5) is 11.8. The molecule has 3 aromatic carbocycles. The van der Waals surface area contributed by atoms with Crippen LogP contribution in [0.5, 0.6) is 11.5 Å². The van der Waals surface area contributed by atoms with Crippen LogP contribution in [-0.2, 0) is 17.9 Å². The fourth-order valence-corrected chi connectivity index (χ4v) is 3.45. The minimum atomic E-state index is -0.323. The molecule has 0 bridgehead atoms. The second kappa shape index (κ2) is 11.7. The van der Waals surface area contributed by atoms with Crippen LogP contribution in [0.3, 0.4) is 0 Å². The van der Waals surface area contributed by atoms with Gasteiger partial charge in [-0.25, -0.2) is 4.79 Å². The Morgan fingerprint density at radius 1 is 0.875 bits per heavy atom. The third-order valence-corrected chi connectivity index (χ3v) is 5.19. The summed E-state index contributed by atoms with van der Waals surface area (Å²) in [5.41, 5.74) is 3.29. The summed E-state index contributed by atoms with van der Waals surface area (Å²) in [6.07, 6.45) is 0. The molecule has 0 aliphatic carbocycles. The molecule has 0 aliphatic rings. The van der Waals surface area contributed by atoms with Gasteiger partial charge < -0.3 is 19.5 Å². The second-order valence-corrected chi connectivity index (χ2v) is 7.73. The number of carbonyl (C=O) groups is 1. The lowest BCUT2D eigenvalue weighted by molar-refractivity contribution is 0.0526. The van der Waals surface area contributed by atoms with Gasteiger partial charge in [0.25, 0.3) is 0 Å². The van der Waals surface area contributed by atoms with Crippen LogP contribution in [0.1, 0.15) is 35.3 Å². The number of carbonyl (C=O) groups excluding carboxylic acids is 1. The number of benzene rings is 3. The van der Waals surface area contributed by atoms with E-state index in [0.717, 1.165) is 16.8 Å². The van der Waals surface area contributed by atoms with Crippen LogP contribution in [0.25, 0.3) is 0 Å². The Bertz CT molecular complexity index is 1050. The smallest absolute Gasteiger partial charge is 0.338 e. The van der Waals surface area contributed by atoms with E-state index < -0.39 is 0 Å². The number of esters is 1. The van der Waals surface area contributed by atoms with E-state index >= 15 is 0 Å². The molecule has 0 spiro atoms. The van der Waals surface area contributed by atoms with Gasteiger partial charge in [0.2, 0.25) is 0 Å². The van der Waals surface area contributed by atoms with Crippen LogP contribution in [-0.4, -0.2) is 19.2 Å². The zero-order chi connectivity index (χ0) is 22.9. The quantitative estimate of drug-likeness (QED) is 0.329. The highest BCUT2D eigenvalue weighted by Gasteiger charge is 2.10. The molecule has 0 fully saturated rings. The summed E-state index contributed by atoms with van der Waals surface area (Å²) in [6, 6.07) is 18.3. The Morgan fingerprint density at radius 2 is 1.66 bits per heavy atom. The lowest BCUT2D eigenvalue weighted by Crippen LogP contribution is -2.05. The van der Waals surface area contributed by atoms with Crippen LogP contribution in [0.15, 0.2) is 60.7 Å². The molecule has 0 heterocycles. The zero-order valence-corrected chi connectivity index (χ0v) is 19.5. The predicted octanol–water partition coefficient (Wildman–Crippen LogP) is 6.76. The SMILES string of the molecule is CCOC(=O)c1ccc(NCc2ccc(OCc3ccc(Cl)cc3Cl)c(OCC)c2)cc1. The molecule has 0 saturated heterocycles. The monoisotopic (exact) mass is 473 g/mol. The molecule has 5 nitrogen and oxygen atoms in total. The Hall–Kier alpha value is -2.89. The normalized spacial score (nSPS) is 10.5. The van der Waals surface area contributed by atoms with Gasteiger partial charge in [-0.05, 0) is 67.9 Å². The average Bonchev–Trinajstić information content (AvgIpc) is 2.79. The van der Waals surface area contributed by atoms with E-state index in [1.54, 1.807) is 31.2 Å². The molecule has 7 heteroatoms. The largest absolute Gasteiger partial charge is 0.490 e. The zero-order valence-electron chi connectivity index (χ0n) is 18.0. The maximum atomic E-state index is 11.8. The van der Waals surface area contributed by atoms with E-state index in [9.17, 15) is 4.79 Å². The van der Waals surface area contributed by atoms with Gasteiger partial charge in [0, 0.05) is 27.8 Å². The van der Waals surface area contributed by atoms with Crippen molar-refractivity contribution >= 4 is 34.9 Å². The van der Waals surface area contributed by atoms with Crippen molar-refractivity contribution in [3.8, 4) is 11.5 Å². The Kier molecular flexibility index (Phi) is 8.65. The molecule has 168 valence electrons. The van der Waals surface area contributed by atoms with Crippen molar-refractivity contribution in [2.24, 2.45) is 0 Å². The van der Waals surface area contributed by atoms with E-state index in [1.165, 1.54) is 0 Å². The molecule has 0 radical (unpaired) electrons. The van der Waals surface area contributed by atoms with Gasteiger partial charge in [-0.1, -0.05) is 35.3 Å². The molecule has 3 rings (SSSR count). The molecule has 0 atom stereocenters. The molecular weight excluding hydrogens is 449 g/mol. The number of nitrogens with one attached hydrogen (secondary N) is 1. The number of ether oxygens (including phenoxy) is 3. The minimum absolute atomic E-state index is 0.306. The molecule has 0 amide bonds. The van der Waals surface area contributed by atoms with Crippen LogP contribution >= 0.6 is 23.2 Å². The molecule has 0 saturated carbocycles. The van der Waals surface area contributed by atoms with Gasteiger partial charge in [-0.15, -0.1) is 0 Å². The minimum Gasteiger partial charge on any atom is -0.490 e. The van der Waals surface area contributed by atoms with Crippen LogP contribution in [0, 0.1) is 0 Å². The number of rotatable bonds is 10. The Balaban J connectivity index is 1.64. The van der Waals surface area contributed by atoms with Crippen molar-refractivity contribution in [2.75, 3.05) is 18.5 Å². The molecule has 0 aliphatic heterocycles. The first-order valence-electron chi connectivity index (χ1n) is 10.3. The second-order valence-electron chi connectivity index (χ2n) is 6.89. The van der Waals surface area contributed by atoms with Crippen molar-refractivity contribution in [3.05, 3.63) is 87.4 Å². The highest BCUT2D eigenvalue weighted by molar-refractivity contribution is 6.35. The topological polar surface area (TPSA) is 56.8 Å². The summed E-state index contributed by atoms with van der Waals surface area (Å²) in [5, 5.41) is 4.48. The molecule has 0 aromatic heterocycles. The summed E-state index contributed by atoms with van der Waals surface area (Å²) < 4.78 is 16.7. The summed E-state index contributed by atoms with van der Waals surface area (Å²) >= 11 is 12.2. The van der Waals surface area contributed by atoms with Crippen molar-refractivity contribution in [1.82, 2.24) is 0 Å². The van der Waals surface area contributed by atoms with Gasteiger partial charge >= 0.3 is 5.97 Å².